The van der Waals surface area contributed by atoms with Crippen molar-refractivity contribution in [1.82, 2.24) is 4.98 Å². The molecule has 0 saturated carbocycles. The topological polar surface area (TPSA) is 69.0 Å². The van der Waals surface area contributed by atoms with E-state index < -0.39 is 0 Å². The quantitative estimate of drug-likeness (QED) is 0.197. The molecule has 1 atom stereocenters. The van der Waals surface area contributed by atoms with Gasteiger partial charge in [-0.3, -0.25) is 4.98 Å². The van der Waals surface area contributed by atoms with E-state index in [2.05, 4.69) is 58.9 Å². The van der Waals surface area contributed by atoms with Crippen LogP contribution in [0, 0.1) is 12.8 Å². The number of hydrogen-bond donors (Lipinski definition) is 2. The lowest BCUT2D eigenvalue weighted by atomic mass is 9.85. The molecule has 1 aromatic heterocycles. The fraction of sp³-hybridized carbons (Fsp3) is 0.379. The van der Waals surface area contributed by atoms with E-state index in [-0.39, 0.29) is 12.5 Å². The highest BCUT2D eigenvalue weighted by atomic mass is 16.4. The van der Waals surface area contributed by atoms with Crippen molar-refractivity contribution < 1.29 is 10.3 Å². The number of rotatable bonds is 10. The predicted molar refractivity (Wildman–Crippen MR) is 141 cm³/mol. The van der Waals surface area contributed by atoms with Crippen molar-refractivity contribution in [3.05, 3.63) is 95.9 Å². The number of oxime groups is 1. The van der Waals surface area contributed by atoms with Crippen LogP contribution in [0.2, 0.25) is 0 Å². The Labute approximate surface area is 203 Å². The Morgan fingerprint density at radius 2 is 1.94 bits per heavy atom. The molecule has 1 aliphatic heterocycles. The monoisotopic (exact) mass is 459 g/mol. The van der Waals surface area contributed by atoms with Crippen molar-refractivity contribution in [2.75, 3.05) is 24.6 Å². The summed E-state index contributed by atoms with van der Waals surface area (Å²) in [4.78, 5) is 6.64. The Morgan fingerprint density at radius 1 is 1.21 bits per heavy atom. The summed E-state index contributed by atoms with van der Waals surface area (Å²) >= 11 is 0. The zero-order valence-electron chi connectivity index (χ0n) is 20.4. The smallest absolute Gasteiger partial charge is 0.0878 e. The van der Waals surface area contributed by atoms with Crippen molar-refractivity contribution >= 4 is 11.4 Å². The van der Waals surface area contributed by atoms with Gasteiger partial charge in [0, 0.05) is 55.2 Å². The largest absolute Gasteiger partial charge is 0.411 e. The molecule has 2 N–H and O–H groups in total. The first kappa shape index (κ1) is 25.4. The molecule has 3 rings (SSSR count). The van der Waals surface area contributed by atoms with Gasteiger partial charge < -0.3 is 15.2 Å². The standard InChI is InChI=1S/C29H37N3O2/c1-4-5-6-7-8-22(2)28(20-29(31-34)26-13-16-30-23(3)19-26)25-9-11-27(12-10-25)32-17-14-24(21-33)15-18-32/h5-13,16,19,24,28,33-34H,2,4,14-15,17-18,20-21H2,1,3H3/b6-5-,8-7-,31-29+/t28-/m0/s1. The van der Waals surface area contributed by atoms with Gasteiger partial charge in [0.2, 0.25) is 0 Å². The SMILES string of the molecule is C=C(/C=C\C=C/CC)[C@H](C/C(=N\O)c1ccnc(C)c1)c1ccc(N2CCC(CO)CC2)cc1. The summed E-state index contributed by atoms with van der Waals surface area (Å²) in [7, 11) is 0. The number of aromatic nitrogens is 1. The molecule has 0 aliphatic carbocycles. The third-order valence-electron chi connectivity index (χ3n) is 6.52. The van der Waals surface area contributed by atoms with Gasteiger partial charge in [-0.05, 0) is 67.5 Å². The minimum atomic E-state index is -0.0279. The molecule has 1 fully saturated rings. The van der Waals surface area contributed by atoms with Crippen LogP contribution in [-0.2, 0) is 0 Å². The summed E-state index contributed by atoms with van der Waals surface area (Å²) < 4.78 is 0. The van der Waals surface area contributed by atoms with Gasteiger partial charge >= 0.3 is 0 Å². The lowest BCUT2D eigenvalue weighted by molar-refractivity contribution is 0.203. The molecule has 5 nitrogen and oxygen atoms in total. The van der Waals surface area contributed by atoms with Crippen LogP contribution in [0.3, 0.4) is 0 Å². The maximum absolute atomic E-state index is 9.83. The number of anilines is 1. The Kier molecular flexibility index (Phi) is 9.65. The molecule has 1 saturated heterocycles. The molecule has 180 valence electrons. The molecular weight excluding hydrogens is 422 g/mol. The van der Waals surface area contributed by atoms with Crippen LogP contribution in [0.15, 0.2) is 84.2 Å². The van der Waals surface area contributed by atoms with E-state index in [1.54, 1.807) is 6.20 Å². The maximum Gasteiger partial charge on any atom is 0.0878 e. The minimum absolute atomic E-state index is 0.0279. The maximum atomic E-state index is 9.83. The lowest BCUT2D eigenvalue weighted by Crippen LogP contribution is -2.34. The van der Waals surface area contributed by atoms with E-state index in [1.807, 2.05) is 37.3 Å². The average molecular weight is 460 g/mol. The summed E-state index contributed by atoms with van der Waals surface area (Å²) in [6, 6.07) is 12.5. The summed E-state index contributed by atoms with van der Waals surface area (Å²) in [6.07, 6.45) is 13.5. The van der Waals surface area contributed by atoms with Gasteiger partial charge in [0.25, 0.3) is 0 Å². The minimum Gasteiger partial charge on any atom is -0.411 e. The molecule has 1 aromatic carbocycles. The van der Waals surface area contributed by atoms with Crippen molar-refractivity contribution in [2.24, 2.45) is 11.1 Å². The Hall–Kier alpha value is -3.18. The van der Waals surface area contributed by atoms with Gasteiger partial charge in [-0.1, -0.05) is 55.1 Å². The Morgan fingerprint density at radius 3 is 2.56 bits per heavy atom. The highest BCUT2D eigenvalue weighted by Crippen LogP contribution is 2.32. The van der Waals surface area contributed by atoms with Crippen LogP contribution in [0.4, 0.5) is 5.69 Å². The lowest BCUT2D eigenvalue weighted by Gasteiger charge is -2.33. The fourth-order valence-electron chi connectivity index (χ4n) is 4.40. The molecule has 2 heterocycles. The third-order valence-corrected chi connectivity index (χ3v) is 6.52. The summed E-state index contributed by atoms with van der Waals surface area (Å²) in [5.74, 6) is 0.393. The Balaban J connectivity index is 1.83. The van der Waals surface area contributed by atoms with Crippen molar-refractivity contribution in [3.63, 3.8) is 0 Å². The number of aryl methyl sites for hydroxylation is 1. The zero-order valence-corrected chi connectivity index (χ0v) is 20.4. The fourth-order valence-corrected chi connectivity index (χ4v) is 4.40. The molecule has 34 heavy (non-hydrogen) atoms. The molecule has 0 spiro atoms. The highest BCUT2D eigenvalue weighted by molar-refractivity contribution is 6.01. The van der Waals surface area contributed by atoms with Gasteiger partial charge in [-0.2, -0.15) is 0 Å². The number of hydrogen-bond acceptors (Lipinski definition) is 5. The van der Waals surface area contributed by atoms with E-state index in [0.717, 1.165) is 54.7 Å². The number of benzene rings is 1. The van der Waals surface area contributed by atoms with E-state index >= 15 is 0 Å². The number of aliphatic hydroxyl groups excluding tert-OH is 1. The van der Waals surface area contributed by atoms with Gasteiger partial charge in [0.1, 0.15) is 0 Å². The van der Waals surface area contributed by atoms with Crippen LogP contribution in [0.5, 0.6) is 0 Å². The second-order valence-electron chi connectivity index (χ2n) is 8.96. The van der Waals surface area contributed by atoms with E-state index in [1.165, 1.54) is 5.69 Å². The number of pyridine rings is 1. The van der Waals surface area contributed by atoms with Crippen LogP contribution in [0.1, 0.15) is 55.3 Å². The second kappa shape index (κ2) is 12.9. The van der Waals surface area contributed by atoms with Gasteiger partial charge in [0.15, 0.2) is 0 Å². The average Bonchev–Trinajstić information content (AvgIpc) is 2.87. The normalized spacial score (nSPS) is 16.4. The molecule has 5 heteroatoms. The highest BCUT2D eigenvalue weighted by Gasteiger charge is 2.21. The van der Waals surface area contributed by atoms with Gasteiger partial charge in [-0.25, -0.2) is 0 Å². The van der Waals surface area contributed by atoms with Gasteiger partial charge in [-0.15, -0.1) is 0 Å². The van der Waals surface area contributed by atoms with Crippen LogP contribution in [-0.4, -0.2) is 40.7 Å². The Bertz CT molecular complexity index is 1020. The van der Waals surface area contributed by atoms with Crippen LogP contribution >= 0.6 is 0 Å². The summed E-state index contributed by atoms with van der Waals surface area (Å²) in [5.41, 5.74) is 5.66. The number of allylic oxidation sites excluding steroid dienone is 5. The van der Waals surface area contributed by atoms with E-state index in [0.29, 0.717) is 18.1 Å². The molecule has 0 bridgehead atoms. The van der Waals surface area contributed by atoms with E-state index in [9.17, 15) is 10.3 Å². The molecule has 0 unspecified atom stereocenters. The first-order valence-electron chi connectivity index (χ1n) is 12.2. The second-order valence-corrected chi connectivity index (χ2v) is 8.96. The molecule has 0 amide bonds. The summed E-state index contributed by atoms with van der Waals surface area (Å²) in [6.45, 7) is 10.6. The zero-order chi connectivity index (χ0) is 24.3. The van der Waals surface area contributed by atoms with Crippen molar-refractivity contribution in [3.8, 4) is 0 Å². The first-order chi connectivity index (χ1) is 16.5. The third kappa shape index (κ3) is 6.91. The molecule has 0 radical (unpaired) electrons. The molecular formula is C29H37N3O2. The number of aliphatic hydroxyl groups is 1. The predicted octanol–water partition coefficient (Wildman–Crippen LogP) is 6.03. The number of piperidine rings is 1. The van der Waals surface area contributed by atoms with Crippen molar-refractivity contribution in [1.29, 1.82) is 0 Å². The molecule has 2 aromatic rings. The molecule has 1 aliphatic rings. The van der Waals surface area contributed by atoms with E-state index in [4.69, 9.17) is 0 Å². The summed E-state index contributed by atoms with van der Waals surface area (Å²) in [5, 5.41) is 22.9. The van der Waals surface area contributed by atoms with Crippen molar-refractivity contribution in [2.45, 2.75) is 45.4 Å². The first-order valence-corrected chi connectivity index (χ1v) is 12.2. The number of nitrogens with zero attached hydrogens (tertiary/aromatic N) is 3. The van der Waals surface area contributed by atoms with Crippen LogP contribution in [0.25, 0.3) is 0 Å². The van der Waals surface area contributed by atoms with Gasteiger partial charge in [0.05, 0.1) is 5.71 Å². The van der Waals surface area contributed by atoms with Crippen LogP contribution < -0.4 is 4.90 Å².